The fraction of sp³-hybridized carbons (Fsp3) is 0.231. The van der Waals surface area contributed by atoms with Gasteiger partial charge in [0.25, 0.3) is 5.56 Å². The van der Waals surface area contributed by atoms with Gasteiger partial charge in [-0.2, -0.15) is 26.3 Å². The molecular formula is C26H24F6N6O5. The molecule has 1 aromatic carbocycles. The first-order valence-electron chi connectivity index (χ1n) is 11.9. The molecule has 0 saturated carbocycles. The fourth-order valence-electron chi connectivity index (χ4n) is 3.12. The second-order valence-corrected chi connectivity index (χ2v) is 8.56. The summed E-state index contributed by atoms with van der Waals surface area (Å²) in [7, 11) is 2.10. The molecule has 3 N–H and O–H groups in total. The number of carbonyl (C=O) groups is 2. The number of aliphatic carboxylic acids is 2. The Morgan fingerprint density at radius 2 is 1.53 bits per heavy atom. The van der Waals surface area contributed by atoms with Gasteiger partial charge in [-0.3, -0.25) is 9.78 Å². The van der Waals surface area contributed by atoms with Gasteiger partial charge in [0.2, 0.25) is 0 Å². The summed E-state index contributed by atoms with van der Waals surface area (Å²) in [5.41, 5.74) is 3.32. The van der Waals surface area contributed by atoms with Crippen LogP contribution in [0.25, 0.3) is 22.6 Å². The molecule has 0 aliphatic carbocycles. The van der Waals surface area contributed by atoms with Crippen molar-refractivity contribution in [1.82, 2.24) is 29.4 Å². The summed E-state index contributed by atoms with van der Waals surface area (Å²) in [5, 5.41) is 14.2. The highest BCUT2D eigenvalue weighted by Gasteiger charge is 2.38. The van der Waals surface area contributed by atoms with Crippen molar-refractivity contribution in [1.29, 1.82) is 0 Å². The van der Waals surface area contributed by atoms with Crippen molar-refractivity contribution in [3.8, 4) is 22.6 Å². The summed E-state index contributed by atoms with van der Waals surface area (Å²) in [6.45, 7) is 2.68. The highest BCUT2D eigenvalue weighted by Crippen LogP contribution is 2.20. The molecule has 17 heteroatoms. The van der Waals surface area contributed by atoms with Crippen molar-refractivity contribution >= 4 is 11.9 Å². The lowest BCUT2D eigenvalue weighted by molar-refractivity contribution is -0.193. The maximum Gasteiger partial charge on any atom is 0.490 e. The molecule has 4 rings (SSSR count). The number of likely N-dealkylation sites (N-methyl/N-ethyl adjacent to an activating group) is 1. The second kappa shape index (κ2) is 15.2. The van der Waals surface area contributed by atoms with Gasteiger partial charge in [-0.1, -0.05) is 24.3 Å². The minimum Gasteiger partial charge on any atom is -0.475 e. The van der Waals surface area contributed by atoms with Gasteiger partial charge in [0.1, 0.15) is 5.82 Å². The first-order valence-corrected chi connectivity index (χ1v) is 11.9. The summed E-state index contributed by atoms with van der Waals surface area (Å²) in [6.07, 6.45) is -1.18. The molecule has 0 amide bonds. The molecule has 3 heterocycles. The Balaban J connectivity index is 0.000000384. The van der Waals surface area contributed by atoms with Crippen molar-refractivity contribution in [3.05, 3.63) is 89.5 Å². The molecule has 3 aromatic heterocycles. The number of hydrogen-bond acceptors (Lipinski definition) is 7. The van der Waals surface area contributed by atoms with Gasteiger partial charge in [0.15, 0.2) is 0 Å². The molecule has 0 unspecified atom stereocenters. The van der Waals surface area contributed by atoms with Crippen LogP contribution in [0.4, 0.5) is 26.3 Å². The Labute approximate surface area is 239 Å². The van der Waals surface area contributed by atoms with Crippen LogP contribution < -0.4 is 5.56 Å². The van der Waals surface area contributed by atoms with E-state index in [0.29, 0.717) is 11.5 Å². The van der Waals surface area contributed by atoms with Gasteiger partial charge in [0, 0.05) is 61.6 Å². The van der Waals surface area contributed by atoms with E-state index in [1.165, 1.54) is 11.6 Å². The number of carboxylic acid groups (broad SMARTS) is 2. The first-order chi connectivity index (χ1) is 20.1. The van der Waals surface area contributed by atoms with Gasteiger partial charge in [-0.05, 0) is 24.7 Å². The summed E-state index contributed by atoms with van der Waals surface area (Å²) in [5.74, 6) is -4.96. The second-order valence-electron chi connectivity index (χ2n) is 8.56. The average molecular weight is 615 g/mol. The van der Waals surface area contributed by atoms with Gasteiger partial charge in [-0.15, -0.1) is 0 Å². The van der Waals surface area contributed by atoms with Crippen molar-refractivity contribution < 1.29 is 46.1 Å². The molecule has 0 spiro atoms. The molecule has 0 aliphatic heterocycles. The van der Waals surface area contributed by atoms with E-state index >= 15 is 0 Å². The Bertz CT molecular complexity index is 1480. The van der Waals surface area contributed by atoms with Gasteiger partial charge >= 0.3 is 24.3 Å². The number of hydrogen-bond donors (Lipinski definition) is 3. The van der Waals surface area contributed by atoms with Crippen molar-refractivity contribution in [3.63, 3.8) is 0 Å². The topological polar surface area (TPSA) is 154 Å². The number of halogens is 6. The molecule has 230 valence electrons. The van der Waals surface area contributed by atoms with Gasteiger partial charge < -0.3 is 24.7 Å². The number of benzene rings is 1. The van der Waals surface area contributed by atoms with Crippen LogP contribution in [0.15, 0.2) is 78.4 Å². The monoisotopic (exact) mass is 614 g/mol. The van der Waals surface area contributed by atoms with E-state index in [9.17, 15) is 31.1 Å². The van der Waals surface area contributed by atoms with Gasteiger partial charge in [0.05, 0.1) is 12.0 Å². The third-order valence-corrected chi connectivity index (χ3v) is 5.16. The maximum absolute atomic E-state index is 12.1. The van der Waals surface area contributed by atoms with Crippen LogP contribution in [0, 0.1) is 0 Å². The molecule has 0 fully saturated rings. The molecule has 0 atom stereocenters. The number of nitrogens with one attached hydrogen (secondary N) is 1. The van der Waals surface area contributed by atoms with Crippen LogP contribution in [-0.4, -0.2) is 77.5 Å². The van der Waals surface area contributed by atoms with E-state index in [1.54, 1.807) is 18.6 Å². The SMILES string of the molecule is CN(CCn1ccnc1)Cc1ccc(-c2nc(-c3cccnc3)cc(=O)[nH]2)cc1.O=C(O)C(F)(F)F.O=C(O)C(F)(F)F. The molecule has 0 saturated heterocycles. The van der Waals surface area contributed by atoms with Crippen LogP contribution >= 0.6 is 0 Å². The molecular weight excluding hydrogens is 590 g/mol. The average Bonchev–Trinajstić information content (AvgIpc) is 3.46. The smallest absolute Gasteiger partial charge is 0.475 e. The van der Waals surface area contributed by atoms with E-state index < -0.39 is 24.3 Å². The van der Waals surface area contributed by atoms with Crippen LogP contribution in [0.2, 0.25) is 0 Å². The number of pyridine rings is 1. The third-order valence-electron chi connectivity index (χ3n) is 5.16. The summed E-state index contributed by atoms with van der Waals surface area (Å²) >= 11 is 0. The maximum atomic E-state index is 12.1. The molecule has 0 aliphatic rings. The Morgan fingerprint density at radius 1 is 0.930 bits per heavy atom. The first kappa shape index (κ1) is 34.1. The highest BCUT2D eigenvalue weighted by atomic mass is 19.4. The molecule has 43 heavy (non-hydrogen) atoms. The van der Waals surface area contributed by atoms with Gasteiger partial charge in [-0.25, -0.2) is 19.6 Å². The van der Waals surface area contributed by atoms with Crippen LogP contribution in [0.3, 0.4) is 0 Å². The highest BCUT2D eigenvalue weighted by molar-refractivity contribution is 5.73. The number of nitrogens with zero attached hydrogens (tertiary/aromatic N) is 5. The summed E-state index contributed by atoms with van der Waals surface area (Å²) in [4.78, 5) is 47.8. The zero-order valence-electron chi connectivity index (χ0n) is 22.2. The van der Waals surface area contributed by atoms with Crippen LogP contribution in [-0.2, 0) is 22.7 Å². The number of H-pyrrole nitrogens is 1. The predicted octanol–water partition coefficient (Wildman–Crippen LogP) is 4.09. The lowest BCUT2D eigenvalue weighted by Crippen LogP contribution is -2.22. The number of aromatic nitrogens is 5. The van der Waals surface area contributed by atoms with Crippen molar-refractivity contribution in [2.24, 2.45) is 0 Å². The van der Waals surface area contributed by atoms with E-state index in [-0.39, 0.29) is 5.56 Å². The lowest BCUT2D eigenvalue weighted by atomic mass is 10.1. The van der Waals surface area contributed by atoms with E-state index in [0.717, 1.165) is 30.8 Å². The lowest BCUT2D eigenvalue weighted by Gasteiger charge is -2.17. The van der Waals surface area contributed by atoms with E-state index in [2.05, 4.69) is 48.6 Å². The number of rotatable bonds is 7. The largest absolute Gasteiger partial charge is 0.490 e. The summed E-state index contributed by atoms with van der Waals surface area (Å²) in [6, 6.07) is 13.3. The van der Waals surface area contributed by atoms with Crippen LogP contribution in [0.1, 0.15) is 5.56 Å². The molecule has 11 nitrogen and oxygen atoms in total. The van der Waals surface area contributed by atoms with E-state index in [1.807, 2.05) is 36.8 Å². The molecule has 4 aromatic rings. The predicted molar refractivity (Wildman–Crippen MR) is 139 cm³/mol. The number of aromatic amines is 1. The minimum atomic E-state index is -5.08. The Hall–Kier alpha value is -5.06. The zero-order chi connectivity index (χ0) is 32.2. The third kappa shape index (κ3) is 12.1. The van der Waals surface area contributed by atoms with Crippen molar-refractivity contribution in [2.45, 2.75) is 25.4 Å². The minimum absolute atomic E-state index is 0.183. The molecule has 0 bridgehead atoms. The van der Waals surface area contributed by atoms with Crippen molar-refractivity contribution in [2.75, 3.05) is 13.6 Å². The van der Waals surface area contributed by atoms with E-state index in [4.69, 9.17) is 19.8 Å². The zero-order valence-corrected chi connectivity index (χ0v) is 22.2. The quantitative estimate of drug-likeness (QED) is 0.261. The number of carboxylic acids is 2. The normalized spacial score (nSPS) is 11.2. The Morgan fingerprint density at radius 3 is 2.02 bits per heavy atom. The number of imidazole rings is 1. The standard InChI is InChI=1S/C22H22N6O.2C2HF3O2/c1-27(11-12-28-10-9-24-16-28)15-17-4-6-18(7-5-17)22-25-20(13-21(29)26-22)19-3-2-8-23-14-19;2*3-2(4,5)1(6)7/h2-10,13-14,16H,11-12,15H2,1H3,(H,25,26,29);2*(H,6,7). The van der Waals surface area contributed by atoms with Crippen LogP contribution in [0.5, 0.6) is 0 Å². The Kier molecular flexibility index (Phi) is 12.1. The number of alkyl halides is 6. The summed E-state index contributed by atoms with van der Waals surface area (Å²) < 4.78 is 65.5. The fourth-order valence-corrected chi connectivity index (χ4v) is 3.12. The molecule has 0 radical (unpaired) electrons.